The largest absolute Gasteiger partial charge is 0.491 e. The Hall–Kier alpha value is -4.66. The number of benzene rings is 3. The number of fused-ring (bicyclic) bond motifs is 1. The van der Waals surface area contributed by atoms with Crippen LogP contribution in [0.25, 0.3) is 6.08 Å². The maximum atomic E-state index is 14.2. The minimum absolute atomic E-state index is 0.128. The van der Waals surface area contributed by atoms with Gasteiger partial charge in [0.05, 0.1) is 51.2 Å². The van der Waals surface area contributed by atoms with Gasteiger partial charge in [0, 0.05) is 5.56 Å². The van der Waals surface area contributed by atoms with Gasteiger partial charge in [0.25, 0.3) is 5.56 Å². The van der Waals surface area contributed by atoms with Gasteiger partial charge in [-0.3, -0.25) is 9.36 Å². The smallest absolute Gasteiger partial charge is 0.338 e. The van der Waals surface area contributed by atoms with Gasteiger partial charge < -0.3 is 18.9 Å². The fourth-order valence-corrected chi connectivity index (χ4v) is 6.83. The minimum atomic E-state index is -0.800. The van der Waals surface area contributed by atoms with Gasteiger partial charge >= 0.3 is 5.97 Å². The summed E-state index contributed by atoms with van der Waals surface area (Å²) in [6, 6.07) is 19.6. The molecule has 0 bridgehead atoms. The lowest BCUT2D eigenvalue weighted by Crippen LogP contribution is -2.40. The standard InChI is InChI=1S/C36H34BrN3O6S/c1-6-43-29-17-25(16-27(37)33(29)45-20-24-14-12-23(19-38)13-15-24)18-30-34(41)40-32(26-10-8-9-11-28(26)46-21(3)4)31(35(42)44-7-2)22(5)39-36(40)47-30/h8-18,21,32H,6-7,20H2,1-5H3/b30-18-/t32-/m0/s1. The van der Waals surface area contributed by atoms with Crippen molar-refractivity contribution in [3.05, 3.63) is 118 Å². The molecule has 0 aliphatic carbocycles. The van der Waals surface area contributed by atoms with E-state index in [1.165, 1.54) is 11.3 Å². The minimum Gasteiger partial charge on any atom is -0.491 e. The van der Waals surface area contributed by atoms with Crippen molar-refractivity contribution in [3.63, 3.8) is 0 Å². The lowest BCUT2D eigenvalue weighted by molar-refractivity contribution is -0.139. The number of nitriles is 1. The van der Waals surface area contributed by atoms with Gasteiger partial charge in [-0.1, -0.05) is 41.7 Å². The van der Waals surface area contributed by atoms with Crippen molar-refractivity contribution in [2.75, 3.05) is 13.2 Å². The fraction of sp³-hybridized carbons (Fsp3) is 0.278. The lowest BCUT2D eigenvalue weighted by atomic mass is 9.95. The van der Waals surface area contributed by atoms with Crippen LogP contribution in [0.5, 0.6) is 17.2 Å². The van der Waals surface area contributed by atoms with Crippen LogP contribution in [0.4, 0.5) is 0 Å². The molecule has 1 aromatic heterocycles. The SMILES string of the molecule is CCOC(=O)C1=C(C)N=c2s/c(=C\c3cc(Br)c(OCc4ccc(C#N)cc4)c(OCC)c3)c(=O)n2[C@H]1c1ccccc1OC(C)C. The molecule has 0 radical (unpaired) electrons. The summed E-state index contributed by atoms with van der Waals surface area (Å²) in [4.78, 5) is 32.7. The molecular weight excluding hydrogens is 682 g/mol. The number of carbonyl (C=O) groups is 1. The summed E-state index contributed by atoms with van der Waals surface area (Å²) >= 11 is 4.87. The van der Waals surface area contributed by atoms with Gasteiger partial charge in [-0.15, -0.1) is 0 Å². The highest BCUT2D eigenvalue weighted by Crippen LogP contribution is 2.38. The Kier molecular flexibility index (Phi) is 10.6. The van der Waals surface area contributed by atoms with E-state index >= 15 is 0 Å². The summed E-state index contributed by atoms with van der Waals surface area (Å²) in [6.45, 7) is 10.1. The second-order valence-electron chi connectivity index (χ2n) is 10.9. The van der Waals surface area contributed by atoms with Gasteiger partial charge in [-0.2, -0.15) is 5.26 Å². The Morgan fingerprint density at radius 1 is 1.09 bits per heavy atom. The third-order valence-electron chi connectivity index (χ3n) is 7.19. The summed E-state index contributed by atoms with van der Waals surface area (Å²) in [5, 5.41) is 9.08. The number of hydrogen-bond donors (Lipinski definition) is 0. The zero-order valence-corrected chi connectivity index (χ0v) is 29.1. The van der Waals surface area contributed by atoms with E-state index in [4.69, 9.17) is 29.2 Å². The number of carbonyl (C=O) groups excluding carboxylic acids is 1. The van der Waals surface area contributed by atoms with E-state index in [2.05, 4.69) is 22.0 Å². The number of ether oxygens (including phenoxy) is 4. The van der Waals surface area contributed by atoms with Crippen molar-refractivity contribution >= 4 is 39.3 Å². The number of halogens is 1. The van der Waals surface area contributed by atoms with E-state index in [0.717, 1.165) is 5.56 Å². The highest BCUT2D eigenvalue weighted by Gasteiger charge is 2.35. The van der Waals surface area contributed by atoms with Crippen LogP contribution < -0.4 is 29.1 Å². The van der Waals surface area contributed by atoms with E-state index in [1.807, 2.05) is 69.3 Å². The number of allylic oxidation sites excluding steroid dienone is 1. The average molecular weight is 717 g/mol. The Bertz CT molecular complexity index is 2060. The Morgan fingerprint density at radius 2 is 1.83 bits per heavy atom. The van der Waals surface area contributed by atoms with E-state index in [9.17, 15) is 9.59 Å². The van der Waals surface area contributed by atoms with Gasteiger partial charge in [0.2, 0.25) is 0 Å². The molecule has 0 unspecified atom stereocenters. The fourth-order valence-electron chi connectivity index (χ4n) is 5.21. The maximum Gasteiger partial charge on any atom is 0.338 e. The molecule has 9 nitrogen and oxygen atoms in total. The molecule has 0 amide bonds. The summed E-state index contributed by atoms with van der Waals surface area (Å²) < 4.78 is 26.3. The Labute approximate surface area is 285 Å². The van der Waals surface area contributed by atoms with E-state index in [0.29, 0.717) is 60.0 Å². The number of hydrogen-bond acceptors (Lipinski definition) is 9. The van der Waals surface area contributed by atoms with Crippen LogP contribution in [-0.2, 0) is 16.1 Å². The first-order valence-corrected chi connectivity index (χ1v) is 16.8. The van der Waals surface area contributed by atoms with Crippen molar-refractivity contribution in [3.8, 4) is 23.3 Å². The highest BCUT2D eigenvalue weighted by molar-refractivity contribution is 9.10. The molecule has 2 heterocycles. The maximum absolute atomic E-state index is 14.2. The van der Waals surface area contributed by atoms with Crippen LogP contribution in [0.1, 0.15) is 62.9 Å². The molecule has 5 rings (SSSR count). The summed E-state index contributed by atoms with van der Waals surface area (Å²) in [6.07, 6.45) is 1.65. The molecule has 0 saturated carbocycles. The second-order valence-corrected chi connectivity index (χ2v) is 12.7. The summed E-state index contributed by atoms with van der Waals surface area (Å²) in [5.41, 5.74) is 3.31. The molecule has 0 N–H and O–H groups in total. The zero-order chi connectivity index (χ0) is 33.7. The number of esters is 1. The number of nitrogens with zero attached hydrogens (tertiary/aromatic N) is 3. The third kappa shape index (κ3) is 7.34. The molecule has 1 atom stereocenters. The van der Waals surface area contributed by atoms with Gasteiger partial charge in [-0.05, 0) is 98.1 Å². The van der Waals surface area contributed by atoms with Crippen molar-refractivity contribution in [2.45, 2.75) is 53.4 Å². The van der Waals surface area contributed by atoms with Crippen molar-refractivity contribution in [1.82, 2.24) is 4.57 Å². The van der Waals surface area contributed by atoms with E-state index in [1.54, 1.807) is 36.6 Å². The molecule has 4 aromatic rings. The first-order chi connectivity index (χ1) is 22.6. The number of rotatable bonds is 11. The molecule has 1 aliphatic heterocycles. The predicted molar refractivity (Wildman–Crippen MR) is 183 cm³/mol. The molecule has 0 saturated heterocycles. The quantitative estimate of drug-likeness (QED) is 0.170. The van der Waals surface area contributed by atoms with E-state index < -0.39 is 12.0 Å². The molecule has 3 aromatic carbocycles. The lowest BCUT2D eigenvalue weighted by Gasteiger charge is -2.26. The highest BCUT2D eigenvalue weighted by atomic mass is 79.9. The van der Waals surface area contributed by atoms with Crippen LogP contribution in [0.3, 0.4) is 0 Å². The van der Waals surface area contributed by atoms with Crippen molar-refractivity contribution in [1.29, 1.82) is 5.26 Å². The molecule has 0 fully saturated rings. The average Bonchev–Trinajstić information content (AvgIpc) is 3.34. The first-order valence-electron chi connectivity index (χ1n) is 15.2. The second kappa shape index (κ2) is 14.8. The van der Waals surface area contributed by atoms with Crippen molar-refractivity contribution < 1.29 is 23.7 Å². The molecule has 242 valence electrons. The molecular formula is C36H34BrN3O6S. The first kappa shape index (κ1) is 33.7. The Balaban J connectivity index is 1.60. The predicted octanol–water partition coefficient (Wildman–Crippen LogP) is 6.20. The van der Waals surface area contributed by atoms with Crippen LogP contribution >= 0.6 is 27.3 Å². The van der Waals surface area contributed by atoms with Gasteiger partial charge in [0.1, 0.15) is 18.4 Å². The van der Waals surface area contributed by atoms with Gasteiger partial charge in [0.15, 0.2) is 16.3 Å². The normalized spacial score (nSPS) is 14.3. The monoisotopic (exact) mass is 715 g/mol. The molecule has 11 heteroatoms. The summed E-state index contributed by atoms with van der Waals surface area (Å²) in [5.74, 6) is 1.06. The topological polar surface area (TPSA) is 112 Å². The van der Waals surface area contributed by atoms with Gasteiger partial charge in [-0.25, -0.2) is 9.79 Å². The zero-order valence-electron chi connectivity index (χ0n) is 26.7. The molecule has 1 aliphatic rings. The number of aromatic nitrogens is 1. The number of thiazole rings is 1. The summed E-state index contributed by atoms with van der Waals surface area (Å²) in [7, 11) is 0. The van der Waals surface area contributed by atoms with E-state index in [-0.39, 0.29) is 30.5 Å². The van der Waals surface area contributed by atoms with Crippen LogP contribution in [-0.4, -0.2) is 29.9 Å². The van der Waals surface area contributed by atoms with Crippen LogP contribution in [0.15, 0.2) is 86.2 Å². The van der Waals surface area contributed by atoms with Crippen molar-refractivity contribution in [2.24, 2.45) is 4.99 Å². The number of para-hydroxylation sites is 1. The van der Waals surface area contributed by atoms with Crippen LogP contribution in [0.2, 0.25) is 0 Å². The van der Waals surface area contributed by atoms with Crippen LogP contribution in [0, 0.1) is 11.3 Å². The molecule has 0 spiro atoms. The third-order valence-corrected chi connectivity index (χ3v) is 8.76. The molecule has 47 heavy (non-hydrogen) atoms. The Morgan fingerprint density at radius 3 is 2.51 bits per heavy atom.